The SMILES string of the molecule is COc1cccc(Cc2nc3ccccc3nc2OC(C)(C)C)c1. The number of nitrogens with zero attached hydrogens (tertiary/aromatic N) is 2. The van der Waals surface area contributed by atoms with Gasteiger partial charge in [0, 0.05) is 6.42 Å². The standard InChI is InChI=1S/C20H22N2O2/c1-20(2,3)24-19-18(13-14-8-7-9-15(12-14)23-4)21-16-10-5-6-11-17(16)22-19/h5-12H,13H2,1-4H3. The molecule has 0 bridgehead atoms. The number of benzene rings is 2. The maximum atomic E-state index is 6.06. The van der Waals surface area contributed by atoms with Crippen LogP contribution < -0.4 is 9.47 Å². The molecule has 0 aliphatic carbocycles. The van der Waals surface area contributed by atoms with E-state index in [1.165, 1.54) is 0 Å². The quantitative estimate of drug-likeness (QED) is 0.714. The van der Waals surface area contributed by atoms with Crippen LogP contribution in [-0.4, -0.2) is 22.7 Å². The monoisotopic (exact) mass is 322 g/mol. The first-order valence-corrected chi connectivity index (χ1v) is 8.02. The molecule has 0 spiro atoms. The minimum Gasteiger partial charge on any atom is -0.497 e. The summed E-state index contributed by atoms with van der Waals surface area (Å²) in [6.45, 7) is 6.04. The first kappa shape index (κ1) is 16.2. The molecule has 1 heterocycles. The molecule has 0 fully saturated rings. The molecule has 0 saturated heterocycles. The van der Waals surface area contributed by atoms with Crippen molar-refractivity contribution in [1.82, 2.24) is 9.97 Å². The minimum absolute atomic E-state index is 0.333. The normalized spacial score (nSPS) is 11.5. The van der Waals surface area contributed by atoms with Gasteiger partial charge in [0.05, 0.1) is 18.1 Å². The summed E-state index contributed by atoms with van der Waals surface area (Å²) in [6, 6.07) is 15.8. The Morgan fingerprint density at radius 3 is 2.29 bits per heavy atom. The van der Waals surface area contributed by atoms with Crippen LogP contribution in [-0.2, 0) is 6.42 Å². The van der Waals surface area contributed by atoms with Gasteiger partial charge >= 0.3 is 0 Å². The predicted octanol–water partition coefficient (Wildman–Crippen LogP) is 4.41. The van der Waals surface area contributed by atoms with Crippen LogP contribution in [0.1, 0.15) is 32.0 Å². The van der Waals surface area contributed by atoms with Gasteiger partial charge in [0.25, 0.3) is 0 Å². The Morgan fingerprint density at radius 1 is 0.917 bits per heavy atom. The summed E-state index contributed by atoms with van der Waals surface area (Å²) in [7, 11) is 1.67. The molecule has 0 saturated carbocycles. The number of methoxy groups -OCH3 is 1. The number of hydrogen-bond donors (Lipinski definition) is 0. The number of ether oxygens (including phenoxy) is 2. The molecular formula is C20H22N2O2. The van der Waals surface area contributed by atoms with Crippen LogP contribution in [0.25, 0.3) is 11.0 Å². The lowest BCUT2D eigenvalue weighted by atomic mass is 10.1. The first-order valence-electron chi connectivity index (χ1n) is 8.02. The molecule has 1 aromatic heterocycles. The molecule has 0 unspecified atom stereocenters. The van der Waals surface area contributed by atoms with Gasteiger partial charge in [-0.3, -0.25) is 0 Å². The first-order chi connectivity index (χ1) is 11.4. The molecule has 3 rings (SSSR count). The second kappa shape index (κ2) is 6.48. The van der Waals surface area contributed by atoms with Crippen LogP contribution in [0.5, 0.6) is 11.6 Å². The summed E-state index contributed by atoms with van der Waals surface area (Å²) in [5.41, 5.74) is 3.32. The van der Waals surface area contributed by atoms with Crippen molar-refractivity contribution in [3.05, 3.63) is 59.8 Å². The fourth-order valence-electron chi connectivity index (χ4n) is 2.48. The summed E-state index contributed by atoms with van der Waals surface area (Å²) < 4.78 is 11.4. The molecule has 0 aliphatic rings. The minimum atomic E-state index is -0.333. The lowest BCUT2D eigenvalue weighted by molar-refractivity contribution is 0.122. The Morgan fingerprint density at radius 2 is 1.62 bits per heavy atom. The van der Waals surface area contributed by atoms with Crippen LogP contribution in [0.2, 0.25) is 0 Å². The van der Waals surface area contributed by atoms with Gasteiger partial charge in [-0.05, 0) is 50.6 Å². The highest BCUT2D eigenvalue weighted by atomic mass is 16.5. The van der Waals surface area contributed by atoms with E-state index in [1.54, 1.807) is 7.11 Å². The molecule has 24 heavy (non-hydrogen) atoms. The zero-order valence-electron chi connectivity index (χ0n) is 14.5. The second-order valence-electron chi connectivity index (χ2n) is 6.71. The molecule has 0 amide bonds. The fraction of sp³-hybridized carbons (Fsp3) is 0.300. The Hall–Kier alpha value is -2.62. The van der Waals surface area contributed by atoms with Gasteiger partial charge in [-0.15, -0.1) is 0 Å². The van der Waals surface area contributed by atoms with E-state index in [1.807, 2.05) is 63.2 Å². The maximum absolute atomic E-state index is 6.06. The van der Waals surface area contributed by atoms with Crippen molar-refractivity contribution in [2.75, 3.05) is 7.11 Å². The molecule has 0 aliphatic heterocycles. The zero-order chi connectivity index (χ0) is 17.2. The Balaban J connectivity index is 2.04. The largest absolute Gasteiger partial charge is 0.497 e. The van der Waals surface area contributed by atoms with Crippen molar-refractivity contribution in [3.8, 4) is 11.6 Å². The van der Waals surface area contributed by atoms with Crippen molar-refractivity contribution in [2.45, 2.75) is 32.8 Å². The maximum Gasteiger partial charge on any atom is 0.237 e. The van der Waals surface area contributed by atoms with Gasteiger partial charge < -0.3 is 9.47 Å². The average Bonchev–Trinajstić information content (AvgIpc) is 2.54. The van der Waals surface area contributed by atoms with Gasteiger partial charge in [0.15, 0.2) is 0 Å². The highest BCUT2D eigenvalue weighted by molar-refractivity contribution is 5.74. The van der Waals surface area contributed by atoms with E-state index >= 15 is 0 Å². The number of hydrogen-bond acceptors (Lipinski definition) is 4. The number of para-hydroxylation sites is 2. The molecule has 3 aromatic rings. The van der Waals surface area contributed by atoms with Crippen LogP contribution in [0.15, 0.2) is 48.5 Å². The van der Waals surface area contributed by atoms with Gasteiger partial charge in [0.2, 0.25) is 5.88 Å². The third kappa shape index (κ3) is 3.82. The Bertz CT molecular complexity index is 854. The number of rotatable bonds is 4. The summed E-state index contributed by atoms with van der Waals surface area (Å²) in [6.07, 6.45) is 0.639. The van der Waals surface area contributed by atoms with Crippen molar-refractivity contribution in [3.63, 3.8) is 0 Å². The van der Waals surface area contributed by atoms with Crippen LogP contribution in [0.3, 0.4) is 0 Å². The molecule has 0 atom stereocenters. The third-order valence-corrected chi connectivity index (χ3v) is 3.51. The van der Waals surface area contributed by atoms with Gasteiger partial charge in [0.1, 0.15) is 17.0 Å². The van der Waals surface area contributed by atoms with Crippen LogP contribution >= 0.6 is 0 Å². The van der Waals surface area contributed by atoms with Crippen molar-refractivity contribution < 1.29 is 9.47 Å². The van der Waals surface area contributed by atoms with E-state index in [2.05, 4.69) is 11.1 Å². The third-order valence-electron chi connectivity index (χ3n) is 3.51. The number of fused-ring (bicyclic) bond motifs is 1. The van der Waals surface area contributed by atoms with Crippen molar-refractivity contribution >= 4 is 11.0 Å². The molecule has 0 N–H and O–H groups in total. The summed E-state index contributed by atoms with van der Waals surface area (Å²) in [5, 5.41) is 0. The van der Waals surface area contributed by atoms with Crippen LogP contribution in [0, 0.1) is 0 Å². The topological polar surface area (TPSA) is 44.2 Å². The lowest BCUT2D eigenvalue weighted by Crippen LogP contribution is -2.24. The lowest BCUT2D eigenvalue weighted by Gasteiger charge is -2.22. The number of aromatic nitrogens is 2. The van der Waals surface area contributed by atoms with E-state index in [0.717, 1.165) is 28.0 Å². The highest BCUT2D eigenvalue weighted by Gasteiger charge is 2.18. The summed E-state index contributed by atoms with van der Waals surface area (Å²) in [4.78, 5) is 9.47. The Kier molecular flexibility index (Phi) is 4.38. The van der Waals surface area contributed by atoms with Crippen molar-refractivity contribution in [1.29, 1.82) is 0 Å². The zero-order valence-corrected chi connectivity index (χ0v) is 14.5. The van der Waals surface area contributed by atoms with E-state index in [4.69, 9.17) is 14.5 Å². The molecule has 4 nitrogen and oxygen atoms in total. The molecule has 2 aromatic carbocycles. The highest BCUT2D eigenvalue weighted by Crippen LogP contribution is 2.26. The van der Waals surface area contributed by atoms with E-state index < -0.39 is 0 Å². The smallest absolute Gasteiger partial charge is 0.237 e. The van der Waals surface area contributed by atoms with Crippen LogP contribution in [0.4, 0.5) is 0 Å². The molecule has 4 heteroatoms. The van der Waals surface area contributed by atoms with E-state index in [9.17, 15) is 0 Å². The summed E-state index contributed by atoms with van der Waals surface area (Å²) in [5.74, 6) is 1.42. The molecule has 124 valence electrons. The molecule has 0 radical (unpaired) electrons. The van der Waals surface area contributed by atoms with E-state index in [0.29, 0.717) is 12.3 Å². The predicted molar refractivity (Wildman–Crippen MR) is 95.7 cm³/mol. The van der Waals surface area contributed by atoms with Gasteiger partial charge in [-0.1, -0.05) is 24.3 Å². The average molecular weight is 322 g/mol. The Labute approximate surface area is 142 Å². The second-order valence-corrected chi connectivity index (χ2v) is 6.71. The molecular weight excluding hydrogens is 300 g/mol. The van der Waals surface area contributed by atoms with Gasteiger partial charge in [-0.2, -0.15) is 0 Å². The van der Waals surface area contributed by atoms with Gasteiger partial charge in [-0.25, -0.2) is 9.97 Å². The van der Waals surface area contributed by atoms with Crippen molar-refractivity contribution in [2.24, 2.45) is 0 Å². The fourth-order valence-corrected chi connectivity index (χ4v) is 2.48. The summed E-state index contributed by atoms with van der Waals surface area (Å²) >= 11 is 0. The van der Waals surface area contributed by atoms with E-state index in [-0.39, 0.29) is 5.60 Å².